The fraction of sp³-hybridized carbons (Fsp3) is 0.312. The molecule has 0 aliphatic rings. The highest BCUT2D eigenvalue weighted by molar-refractivity contribution is 5.87. The number of ether oxygens (including phenoxy) is 2. The van der Waals surface area contributed by atoms with E-state index in [2.05, 4.69) is 15.0 Å². The molecular formula is C16H20N2O3. The standard InChI is InChI=1S/C16H20N2O3/c1-4-21-13-6-8-14(11(2)9-13)17-10-12-5-7-15(18-12)16(19)20-3/h5-9,17-18H,4,10H2,1-3H3. The predicted octanol–water partition coefficient (Wildman–Crippen LogP) is 3.12. The number of methoxy groups -OCH3 is 1. The second-order valence-electron chi connectivity index (χ2n) is 4.65. The Hall–Kier alpha value is -2.43. The van der Waals surface area contributed by atoms with Gasteiger partial charge < -0.3 is 19.8 Å². The minimum Gasteiger partial charge on any atom is -0.494 e. The largest absolute Gasteiger partial charge is 0.494 e. The zero-order chi connectivity index (χ0) is 15.2. The van der Waals surface area contributed by atoms with Crippen LogP contribution in [0.1, 0.15) is 28.7 Å². The fourth-order valence-corrected chi connectivity index (χ4v) is 2.05. The molecule has 5 heteroatoms. The van der Waals surface area contributed by atoms with Crippen LogP contribution in [0, 0.1) is 6.92 Å². The van der Waals surface area contributed by atoms with Gasteiger partial charge in [-0.1, -0.05) is 0 Å². The first kappa shape index (κ1) is 15.0. The number of nitrogens with one attached hydrogen (secondary N) is 2. The highest BCUT2D eigenvalue weighted by atomic mass is 16.5. The van der Waals surface area contributed by atoms with Crippen molar-refractivity contribution in [2.45, 2.75) is 20.4 Å². The average molecular weight is 288 g/mol. The molecule has 0 atom stereocenters. The molecule has 0 aliphatic carbocycles. The Bertz CT molecular complexity index is 620. The molecule has 1 heterocycles. The molecule has 0 radical (unpaired) electrons. The third-order valence-electron chi connectivity index (χ3n) is 3.13. The van der Waals surface area contributed by atoms with E-state index in [4.69, 9.17) is 4.74 Å². The topological polar surface area (TPSA) is 63.4 Å². The lowest BCUT2D eigenvalue weighted by atomic mass is 10.2. The molecule has 0 unspecified atom stereocenters. The van der Waals surface area contributed by atoms with Crippen LogP contribution in [0.4, 0.5) is 5.69 Å². The molecule has 0 spiro atoms. The molecule has 0 aliphatic heterocycles. The maximum Gasteiger partial charge on any atom is 0.354 e. The lowest BCUT2D eigenvalue weighted by Crippen LogP contribution is -2.04. The van der Waals surface area contributed by atoms with Gasteiger partial charge in [-0.25, -0.2) is 4.79 Å². The lowest BCUT2D eigenvalue weighted by molar-refractivity contribution is 0.0594. The summed E-state index contributed by atoms with van der Waals surface area (Å²) < 4.78 is 10.1. The van der Waals surface area contributed by atoms with Crippen molar-refractivity contribution in [2.75, 3.05) is 19.0 Å². The van der Waals surface area contributed by atoms with Crippen molar-refractivity contribution in [3.05, 3.63) is 47.3 Å². The minimum atomic E-state index is -0.363. The Morgan fingerprint density at radius 3 is 2.76 bits per heavy atom. The van der Waals surface area contributed by atoms with Crippen LogP contribution in [-0.2, 0) is 11.3 Å². The molecular weight excluding hydrogens is 268 g/mol. The first-order valence-electron chi connectivity index (χ1n) is 6.87. The predicted molar refractivity (Wildman–Crippen MR) is 81.8 cm³/mol. The van der Waals surface area contributed by atoms with E-state index >= 15 is 0 Å². The molecule has 0 bridgehead atoms. The molecule has 0 saturated carbocycles. The molecule has 112 valence electrons. The number of hydrogen-bond acceptors (Lipinski definition) is 4. The number of aromatic nitrogens is 1. The highest BCUT2D eigenvalue weighted by Gasteiger charge is 2.08. The molecule has 21 heavy (non-hydrogen) atoms. The van der Waals surface area contributed by atoms with Gasteiger partial charge in [0.1, 0.15) is 11.4 Å². The van der Waals surface area contributed by atoms with Gasteiger partial charge in [-0.05, 0) is 49.7 Å². The van der Waals surface area contributed by atoms with Crippen LogP contribution >= 0.6 is 0 Å². The van der Waals surface area contributed by atoms with Crippen LogP contribution in [-0.4, -0.2) is 24.7 Å². The van der Waals surface area contributed by atoms with Crippen molar-refractivity contribution >= 4 is 11.7 Å². The summed E-state index contributed by atoms with van der Waals surface area (Å²) >= 11 is 0. The third-order valence-corrected chi connectivity index (χ3v) is 3.13. The molecule has 5 nitrogen and oxygen atoms in total. The van der Waals surface area contributed by atoms with E-state index in [9.17, 15) is 4.79 Å². The smallest absolute Gasteiger partial charge is 0.354 e. The van der Waals surface area contributed by atoms with E-state index in [1.165, 1.54) is 7.11 Å². The summed E-state index contributed by atoms with van der Waals surface area (Å²) in [5.74, 6) is 0.506. The lowest BCUT2D eigenvalue weighted by Gasteiger charge is -2.11. The number of esters is 1. The number of aryl methyl sites for hydroxylation is 1. The van der Waals surface area contributed by atoms with Crippen LogP contribution in [0.2, 0.25) is 0 Å². The number of aromatic amines is 1. The van der Waals surface area contributed by atoms with Crippen molar-refractivity contribution in [3.63, 3.8) is 0 Å². The second-order valence-corrected chi connectivity index (χ2v) is 4.65. The van der Waals surface area contributed by atoms with Gasteiger partial charge in [-0.2, -0.15) is 0 Å². The third kappa shape index (κ3) is 3.78. The highest BCUT2D eigenvalue weighted by Crippen LogP contribution is 2.21. The van der Waals surface area contributed by atoms with Crippen molar-refractivity contribution in [1.82, 2.24) is 4.98 Å². The van der Waals surface area contributed by atoms with E-state index in [-0.39, 0.29) is 5.97 Å². The Balaban J connectivity index is 1.99. The van der Waals surface area contributed by atoms with Gasteiger partial charge in [-0.15, -0.1) is 0 Å². The van der Waals surface area contributed by atoms with Crippen LogP contribution in [0.15, 0.2) is 30.3 Å². The molecule has 0 saturated heterocycles. The number of rotatable bonds is 6. The van der Waals surface area contributed by atoms with Gasteiger partial charge in [0.2, 0.25) is 0 Å². The first-order chi connectivity index (χ1) is 10.1. The molecule has 2 aromatic rings. The van der Waals surface area contributed by atoms with Crippen molar-refractivity contribution in [2.24, 2.45) is 0 Å². The Morgan fingerprint density at radius 2 is 2.10 bits per heavy atom. The van der Waals surface area contributed by atoms with Crippen molar-refractivity contribution < 1.29 is 14.3 Å². The minimum absolute atomic E-state index is 0.363. The van der Waals surface area contributed by atoms with Gasteiger partial charge in [-0.3, -0.25) is 0 Å². The number of carbonyl (C=O) groups excluding carboxylic acids is 1. The number of anilines is 1. The van der Waals surface area contributed by atoms with Gasteiger partial charge in [0.05, 0.1) is 20.3 Å². The summed E-state index contributed by atoms with van der Waals surface area (Å²) in [5.41, 5.74) is 3.52. The Morgan fingerprint density at radius 1 is 1.29 bits per heavy atom. The zero-order valence-electron chi connectivity index (χ0n) is 12.5. The Labute approximate surface area is 124 Å². The molecule has 0 fully saturated rings. The molecule has 1 aromatic heterocycles. The molecule has 2 N–H and O–H groups in total. The maximum atomic E-state index is 11.4. The fourth-order valence-electron chi connectivity index (χ4n) is 2.05. The zero-order valence-corrected chi connectivity index (χ0v) is 12.5. The van der Waals surface area contributed by atoms with E-state index in [1.807, 2.05) is 38.1 Å². The maximum absolute atomic E-state index is 11.4. The van der Waals surface area contributed by atoms with E-state index in [1.54, 1.807) is 6.07 Å². The second kappa shape index (κ2) is 6.83. The summed E-state index contributed by atoms with van der Waals surface area (Å²) in [6.07, 6.45) is 0. The first-order valence-corrected chi connectivity index (χ1v) is 6.87. The van der Waals surface area contributed by atoms with Crippen molar-refractivity contribution in [1.29, 1.82) is 0 Å². The van der Waals surface area contributed by atoms with Crippen molar-refractivity contribution in [3.8, 4) is 5.75 Å². The van der Waals surface area contributed by atoms with Crippen LogP contribution in [0.25, 0.3) is 0 Å². The monoisotopic (exact) mass is 288 g/mol. The summed E-state index contributed by atoms with van der Waals surface area (Å²) in [7, 11) is 1.37. The number of H-pyrrole nitrogens is 1. The molecule has 1 aromatic carbocycles. The quantitative estimate of drug-likeness (QED) is 0.802. The van der Waals surface area contributed by atoms with Crippen LogP contribution in [0.3, 0.4) is 0 Å². The van der Waals surface area contributed by atoms with E-state index in [0.717, 1.165) is 22.7 Å². The summed E-state index contributed by atoms with van der Waals surface area (Å²) in [6.45, 7) is 5.25. The summed E-state index contributed by atoms with van der Waals surface area (Å²) in [4.78, 5) is 14.4. The van der Waals surface area contributed by atoms with Gasteiger partial charge in [0, 0.05) is 11.4 Å². The number of carbonyl (C=O) groups is 1. The SMILES string of the molecule is CCOc1ccc(NCc2ccc(C(=O)OC)[nH]2)c(C)c1. The average Bonchev–Trinajstić information content (AvgIpc) is 2.95. The number of hydrogen-bond donors (Lipinski definition) is 2. The van der Waals surface area contributed by atoms with Crippen LogP contribution in [0.5, 0.6) is 5.75 Å². The van der Waals surface area contributed by atoms with E-state index in [0.29, 0.717) is 18.8 Å². The van der Waals surface area contributed by atoms with Gasteiger partial charge >= 0.3 is 5.97 Å². The van der Waals surface area contributed by atoms with Crippen LogP contribution < -0.4 is 10.1 Å². The van der Waals surface area contributed by atoms with Gasteiger partial charge in [0.15, 0.2) is 0 Å². The number of benzene rings is 1. The Kier molecular flexibility index (Phi) is 4.87. The molecule has 2 rings (SSSR count). The van der Waals surface area contributed by atoms with Gasteiger partial charge in [0.25, 0.3) is 0 Å². The summed E-state index contributed by atoms with van der Waals surface area (Å²) in [6, 6.07) is 9.51. The summed E-state index contributed by atoms with van der Waals surface area (Å²) in [5, 5.41) is 3.33. The molecule has 0 amide bonds. The van der Waals surface area contributed by atoms with E-state index < -0.39 is 0 Å². The normalized spacial score (nSPS) is 10.2.